The van der Waals surface area contributed by atoms with Crippen molar-refractivity contribution >= 4 is 6.09 Å². The molecule has 0 aromatic rings. The number of amides is 1. The summed E-state index contributed by atoms with van der Waals surface area (Å²) in [6, 6.07) is 0. The molecule has 78 valence electrons. The smallest absolute Gasteiger partial charge is 0.415 e. The van der Waals surface area contributed by atoms with E-state index >= 15 is 0 Å². The molecule has 0 saturated carbocycles. The maximum absolute atomic E-state index is 11.5. The molecule has 0 aromatic heterocycles. The lowest BCUT2D eigenvalue weighted by molar-refractivity contribution is 0.0352. The second-order valence-electron chi connectivity index (χ2n) is 3.75. The van der Waals surface area contributed by atoms with E-state index in [1.54, 1.807) is 6.08 Å². The van der Waals surface area contributed by atoms with Crippen LogP contribution in [-0.2, 0) is 4.74 Å². The maximum atomic E-state index is 11.5. The zero-order valence-corrected chi connectivity index (χ0v) is 9.04. The molecule has 0 N–H and O–H groups in total. The number of carbonyl (C=O) groups excluding carboxylic acids is 1. The van der Waals surface area contributed by atoms with Crippen molar-refractivity contribution in [1.29, 1.82) is 0 Å². The van der Waals surface area contributed by atoms with E-state index in [4.69, 9.17) is 4.74 Å². The molecule has 0 spiro atoms. The second kappa shape index (κ2) is 5.30. The van der Waals surface area contributed by atoms with Gasteiger partial charge >= 0.3 is 6.09 Å². The number of rotatable bonds is 3. The molecular weight excluding hydrogens is 178 g/mol. The van der Waals surface area contributed by atoms with E-state index in [1.807, 2.05) is 20.8 Å². The Bertz CT molecular complexity index is 257. The van der Waals surface area contributed by atoms with Crippen LogP contribution < -0.4 is 0 Å². The molecule has 0 bridgehead atoms. The first-order chi connectivity index (χ1) is 6.40. The van der Waals surface area contributed by atoms with Gasteiger partial charge in [0.1, 0.15) is 5.60 Å². The summed E-state index contributed by atoms with van der Waals surface area (Å²) in [6.07, 6.45) is 2.63. The van der Waals surface area contributed by atoms with Crippen molar-refractivity contribution in [2.75, 3.05) is 6.54 Å². The van der Waals surface area contributed by atoms with Crippen molar-refractivity contribution in [2.45, 2.75) is 26.4 Å². The van der Waals surface area contributed by atoms with Crippen molar-refractivity contribution in [3.8, 4) is 0 Å². The highest BCUT2D eigenvalue weighted by atomic mass is 16.6. The predicted octanol–water partition coefficient (Wildman–Crippen LogP) is 2.71. The van der Waals surface area contributed by atoms with E-state index in [-0.39, 0.29) is 0 Å². The largest absolute Gasteiger partial charge is 0.443 e. The minimum Gasteiger partial charge on any atom is -0.443 e. The Balaban J connectivity index is 4.44. The molecule has 0 saturated heterocycles. The fourth-order valence-corrected chi connectivity index (χ4v) is 0.750. The monoisotopic (exact) mass is 195 g/mol. The van der Waals surface area contributed by atoms with Gasteiger partial charge in [0, 0.05) is 6.54 Å². The molecule has 0 aliphatic carbocycles. The number of nitrogens with zero attached hydrogens (tertiary/aromatic N) is 1. The van der Waals surface area contributed by atoms with E-state index in [1.165, 1.54) is 11.1 Å². The average molecular weight is 195 g/mol. The van der Waals surface area contributed by atoms with Crippen LogP contribution in [0, 0.1) is 0 Å². The highest BCUT2D eigenvalue weighted by Gasteiger charge is 2.19. The SMILES string of the molecule is C=C=CN(CC=C)C(=O)OC(C)(C)C. The van der Waals surface area contributed by atoms with Gasteiger partial charge in [0.05, 0.1) is 6.20 Å². The van der Waals surface area contributed by atoms with Gasteiger partial charge < -0.3 is 4.74 Å². The topological polar surface area (TPSA) is 29.5 Å². The third-order valence-corrected chi connectivity index (χ3v) is 1.20. The van der Waals surface area contributed by atoms with Gasteiger partial charge in [0.2, 0.25) is 0 Å². The summed E-state index contributed by atoms with van der Waals surface area (Å²) in [5.74, 6) is 0. The Kier molecular flexibility index (Phi) is 4.74. The summed E-state index contributed by atoms with van der Waals surface area (Å²) in [4.78, 5) is 12.8. The molecule has 0 aromatic carbocycles. The van der Waals surface area contributed by atoms with Crippen LogP contribution in [0.2, 0.25) is 0 Å². The van der Waals surface area contributed by atoms with E-state index in [2.05, 4.69) is 18.9 Å². The Morgan fingerprint density at radius 2 is 2.14 bits per heavy atom. The van der Waals surface area contributed by atoms with Crippen LogP contribution in [0.1, 0.15) is 20.8 Å². The Morgan fingerprint density at radius 1 is 1.57 bits per heavy atom. The molecule has 1 amide bonds. The lowest BCUT2D eigenvalue weighted by Gasteiger charge is -2.23. The van der Waals surface area contributed by atoms with Crippen LogP contribution in [0.5, 0.6) is 0 Å². The molecule has 3 nitrogen and oxygen atoms in total. The van der Waals surface area contributed by atoms with Crippen molar-refractivity contribution < 1.29 is 9.53 Å². The van der Waals surface area contributed by atoms with Gasteiger partial charge in [0.25, 0.3) is 0 Å². The molecule has 14 heavy (non-hydrogen) atoms. The van der Waals surface area contributed by atoms with Gasteiger partial charge in [-0.1, -0.05) is 12.7 Å². The number of hydrogen-bond donors (Lipinski definition) is 0. The summed E-state index contributed by atoms with van der Waals surface area (Å²) in [5, 5.41) is 0. The number of hydrogen-bond acceptors (Lipinski definition) is 2. The molecular formula is C11H17NO2. The van der Waals surface area contributed by atoms with Crippen LogP contribution in [-0.4, -0.2) is 23.1 Å². The zero-order valence-electron chi connectivity index (χ0n) is 9.04. The predicted molar refractivity (Wildman–Crippen MR) is 56.8 cm³/mol. The Hall–Kier alpha value is -1.47. The standard InChI is InChI=1S/C11H17NO2/c1-6-8-12(9-7-2)10(13)14-11(3,4)5/h6,9H,1-2,8H2,3-5H3. The minimum absolute atomic E-state index is 0.386. The highest BCUT2D eigenvalue weighted by molar-refractivity contribution is 5.69. The fraction of sp³-hybridized carbons (Fsp3) is 0.455. The van der Waals surface area contributed by atoms with Gasteiger partial charge in [-0.25, -0.2) is 4.79 Å². The first kappa shape index (κ1) is 12.5. The first-order valence-electron chi connectivity index (χ1n) is 4.37. The van der Waals surface area contributed by atoms with Crippen LogP contribution >= 0.6 is 0 Å². The van der Waals surface area contributed by atoms with E-state index in [0.29, 0.717) is 6.54 Å². The van der Waals surface area contributed by atoms with Crippen molar-refractivity contribution in [3.63, 3.8) is 0 Å². The Morgan fingerprint density at radius 3 is 2.50 bits per heavy atom. The quantitative estimate of drug-likeness (QED) is 0.512. The second-order valence-corrected chi connectivity index (χ2v) is 3.75. The Labute approximate surface area is 85.4 Å². The average Bonchev–Trinajstić information content (AvgIpc) is 2.01. The van der Waals surface area contributed by atoms with Crippen LogP contribution in [0.4, 0.5) is 4.79 Å². The zero-order chi connectivity index (χ0) is 11.2. The molecule has 0 atom stereocenters. The summed E-state index contributed by atoms with van der Waals surface area (Å²) in [6.45, 7) is 12.8. The van der Waals surface area contributed by atoms with E-state index in [9.17, 15) is 4.79 Å². The molecule has 3 heteroatoms. The lowest BCUT2D eigenvalue weighted by atomic mass is 10.2. The van der Waals surface area contributed by atoms with Crippen molar-refractivity contribution in [1.82, 2.24) is 4.90 Å². The maximum Gasteiger partial charge on any atom is 0.415 e. The normalized spacial score (nSPS) is 9.93. The molecule has 0 radical (unpaired) electrons. The van der Waals surface area contributed by atoms with Crippen LogP contribution in [0.3, 0.4) is 0 Å². The molecule has 0 heterocycles. The lowest BCUT2D eigenvalue weighted by Crippen LogP contribution is -2.33. The minimum atomic E-state index is -0.495. The van der Waals surface area contributed by atoms with E-state index in [0.717, 1.165) is 0 Å². The van der Waals surface area contributed by atoms with Crippen LogP contribution in [0.15, 0.2) is 31.2 Å². The summed E-state index contributed by atoms with van der Waals surface area (Å²) in [5.41, 5.74) is 2.03. The van der Waals surface area contributed by atoms with Crippen LogP contribution in [0.25, 0.3) is 0 Å². The molecule has 0 rings (SSSR count). The van der Waals surface area contributed by atoms with Gasteiger partial charge in [-0.2, -0.15) is 0 Å². The van der Waals surface area contributed by atoms with Gasteiger partial charge in [-0.3, -0.25) is 4.90 Å². The summed E-state index contributed by atoms with van der Waals surface area (Å²) < 4.78 is 5.15. The van der Waals surface area contributed by atoms with Gasteiger partial charge in [0.15, 0.2) is 0 Å². The number of ether oxygens (including phenoxy) is 1. The van der Waals surface area contributed by atoms with Gasteiger partial charge in [-0.15, -0.1) is 12.3 Å². The third-order valence-electron chi connectivity index (χ3n) is 1.20. The van der Waals surface area contributed by atoms with E-state index < -0.39 is 11.7 Å². The molecule has 0 unspecified atom stereocenters. The molecule has 0 aliphatic rings. The van der Waals surface area contributed by atoms with Crippen molar-refractivity contribution in [2.24, 2.45) is 0 Å². The third kappa shape index (κ3) is 5.22. The fourth-order valence-electron chi connectivity index (χ4n) is 0.750. The van der Waals surface area contributed by atoms with Gasteiger partial charge in [-0.05, 0) is 20.8 Å². The number of carbonyl (C=O) groups is 1. The molecule has 0 fully saturated rings. The highest BCUT2D eigenvalue weighted by Crippen LogP contribution is 2.09. The first-order valence-corrected chi connectivity index (χ1v) is 4.37. The molecule has 0 aliphatic heterocycles. The summed E-state index contributed by atoms with van der Waals surface area (Å²) >= 11 is 0. The van der Waals surface area contributed by atoms with Crippen molar-refractivity contribution in [3.05, 3.63) is 31.2 Å². The summed E-state index contributed by atoms with van der Waals surface area (Å²) in [7, 11) is 0.